The number of ether oxygens (including phenoxy) is 1. The van der Waals surface area contributed by atoms with Crippen molar-refractivity contribution < 1.29 is 22.7 Å². The lowest BCUT2D eigenvalue weighted by Crippen LogP contribution is -2.31. The van der Waals surface area contributed by atoms with Crippen LogP contribution in [0.15, 0.2) is 53.4 Å². The monoisotopic (exact) mass is 432 g/mol. The maximum Gasteiger partial charge on any atom is 0.338 e. The predicted molar refractivity (Wildman–Crippen MR) is 114 cm³/mol. The first kappa shape index (κ1) is 23.6. The zero-order valence-corrected chi connectivity index (χ0v) is 18.6. The molecule has 0 spiro atoms. The van der Waals surface area contributed by atoms with Crippen molar-refractivity contribution in [2.45, 2.75) is 32.2 Å². The molecule has 0 aliphatic carbocycles. The fraction of sp³-hybridized carbons (Fsp3) is 0.364. The van der Waals surface area contributed by atoms with E-state index in [2.05, 4.69) is 0 Å². The van der Waals surface area contributed by atoms with Gasteiger partial charge in [0, 0.05) is 26.7 Å². The Bertz CT molecular complexity index is 983. The number of rotatable bonds is 9. The van der Waals surface area contributed by atoms with E-state index in [1.54, 1.807) is 20.9 Å². The highest BCUT2D eigenvalue weighted by Crippen LogP contribution is 2.17. The molecule has 0 heterocycles. The molecule has 0 aliphatic rings. The van der Waals surface area contributed by atoms with Crippen LogP contribution in [0, 0.1) is 6.92 Å². The first-order chi connectivity index (χ1) is 14.2. The van der Waals surface area contributed by atoms with E-state index in [4.69, 9.17) is 4.74 Å². The summed E-state index contributed by atoms with van der Waals surface area (Å²) in [6.45, 7) is 6.11. The molecule has 0 aliphatic heterocycles. The number of carbonyl (C=O) groups excluding carboxylic acids is 2. The summed E-state index contributed by atoms with van der Waals surface area (Å²) >= 11 is 0. The van der Waals surface area contributed by atoms with E-state index in [-0.39, 0.29) is 16.4 Å². The number of sulfonamides is 1. The summed E-state index contributed by atoms with van der Waals surface area (Å²) in [6.07, 6.45) is 0. The molecule has 8 heteroatoms. The molecule has 0 radical (unpaired) electrons. The minimum Gasteiger partial charge on any atom is -0.452 e. The Morgan fingerprint density at radius 1 is 1.00 bits per heavy atom. The summed E-state index contributed by atoms with van der Waals surface area (Å²) in [4.78, 5) is 26.1. The standard InChI is InChI=1S/C22H28N2O5S/c1-5-24(6-2)30(27,28)20-9-7-8-19(14-20)22(26)29-16-21(25)23(4)15-18-12-10-17(3)11-13-18/h7-14H,5-6,15-16H2,1-4H3. The third-order valence-corrected chi connectivity index (χ3v) is 6.75. The molecule has 2 rings (SSSR count). The molecule has 0 saturated heterocycles. The molecule has 2 aromatic carbocycles. The van der Waals surface area contributed by atoms with E-state index in [9.17, 15) is 18.0 Å². The molecular formula is C22H28N2O5S. The molecular weight excluding hydrogens is 404 g/mol. The average molecular weight is 433 g/mol. The summed E-state index contributed by atoms with van der Waals surface area (Å²) in [5, 5.41) is 0. The SMILES string of the molecule is CCN(CC)S(=O)(=O)c1cccc(C(=O)OCC(=O)N(C)Cc2ccc(C)cc2)c1. The van der Waals surface area contributed by atoms with Crippen molar-refractivity contribution >= 4 is 21.9 Å². The van der Waals surface area contributed by atoms with Crippen LogP contribution in [-0.4, -0.2) is 56.2 Å². The predicted octanol–water partition coefficient (Wildman–Crippen LogP) is 2.84. The van der Waals surface area contributed by atoms with Crippen LogP contribution in [0.1, 0.15) is 35.3 Å². The van der Waals surface area contributed by atoms with Gasteiger partial charge in [-0.2, -0.15) is 4.31 Å². The van der Waals surface area contributed by atoms with Crippen molar-refractivity contribution in [1.82, 2.24) is 9.21 Å². The van der Waals surface area contributed by atoms with Gasteiger partial charge in [-0.25, -0.2) is 13.2 Å². The van der Waals surface area contributed by atoms with E-state index in [1.165, 1.54) is 33.5 Å². The van der Waals surface area contributed by atoms with Crippen molar-refractivity contribution in [2.24, 2.45) is 0 Å². The van der Waals surface area contributed by atoms with E-state index in [0.717, 1.165) is 11.1 Å². The molecule has 162 valence electrons. The largest absolute Gasteiger partial charge is 0.452 e. The zero-order chi connectivity index (χ0) is 22.3. The molecule has 0 fully saturated rings. The van der Waals surface area contributed by atoms with E-state index < -0.39 is 22.6 Å². The van der Waals surface area contributed by atoms with Gasteiger partial charge in [0.2, 0.25) is 10.0 Å². The second kappa shape index (κ2) is 10.4. The summed E-state index contributed by atoms with van der Waals surface area (Å²) in [5.41, 5.74) is 2.18. The van der Waals surface area contributed by atoms with Gasteiger partial charge in [0.1, 0.15) is 0 Å². The van der Waals surface area contributed by atoms with Crippen molar-refractivity contribution in [3.63, 3.8) is 0 Å². The first-order valence-corrected chi connectivity index (χ1v) is 11.2. The second-order valence-electron chi connectivity index (χ2n) is 6.93. The number of aryl methyl sites for hydroxylation is 1. The van der Waals surface area contributed by atoms with Crippen LogP contribution >= 0.6 is 0 Å². The molecule has 0 saturated carbocycles. The van der Waals surface area contributed by atoms with Gasteiger partial charge < -0.3 is 9.64 Å². The fourth-order valence-corrected chi connectivity index (χ4v) is 4.38. The Balaban J connectivity index is 2.00. The van der Waals surface area contributed by atoms with Gasteiger partial charge in [0.05, 0.1) is 10.5 Å². The Labute approximate surface area is 178 Å². The minimum absolute atomic E-state index is 0.0171. The van der Waals surface area contributed by atoms with E-state index >= 15 is 0 Å². The van der Waals surface area contributed by atoms with Gasteiger partial charge in [0.15, 0.2) is 6.61 Å². The fourth-order valence-electron chi connectivity index (χ4n) is 2.87. The molecule has 2 aromatic rings. The molecule has 0 atom stereocenters. The second-order valence-corrected chi connectivity index (χ2v) is 8.87. The molecule has 7 nitrogen and oxygen atoms in total. The lowest BCUT2D eigenvalue weighted by molar-refractivity contribution is -0.133. The van der Waals surface area contributed by atoms with Gasteiger partial charge in [-0.1, -0.05) is 49.7 Å². The van der Waals surface area contributed by atoms with Crippen LogP contribution in [0.2, 0.25) is 0 Å². The highest BCUT2D eigenvalue weighted by Gasteiger charge is 2.23. The topological polar surface area (TPSA) is 84.0 Å². The highest BCUT2D eigenvalue weighted by molar-refractivity contribution is 7.89. The lowest BCUT2D eigenvalue weighted by Gasteiger charge is -2.19. The summed E-state index contributed by atoms with van der Waals surface area (Å²) in [5.74, 6) is -1.10. The van der Waals surface area contributed by atoms with Gasteiger partial charge >= 0.3 is 5.97 Å². The van der Waals surface area contributed by atoms with Crippen molar-refractivity contribution in [2.75, 3.05) is 26.7 Å². The van der Waals surface area contributed by atoms with Gasteiger partial charge in [0.25, 0.3) is 5.91 Å². The minimum atomic E-state index is -3.69. The Morgan fingerprint density at radius 2 is 1.63 bits per heavy atom. The first-order valence-electron chi connectivity index (χ1n) is 9.75. The maximum absolute atomic E-state index is 12.6. The maximum atomic E-state index is 12.6. The molecule has 0 bridgehead atoms. The Morgan fingerprint density at radius 3 is 2.23 bits per heavy atom. The Hall–Kier alpha value is -2.71. The number of likely N-dealkylation sites (N-methyl/N-ethyl adjacent to an activating group) is 1. The number of benzene rings is 2. The van der Waals surface area contributed by atoms with E-state index in [0.29, 0.717) is 19.6 Å². The molecule has 0 aromatic heterocycles. The number of hydrogen-bond donors (Lipinski definition) is 0. The number of amides is 1. The number of hydrogen-bond acceptors (Lipinski definition) is 5. The number of carbonyl (C=O) groups is 2. The number of nitrogens with zero attached hydrogens (tertiary/aromatic N) is 2. The van der Waals surface area contributed by atoms with Crippen LogP contribution < -0.4 is 0 Å². The summed E-state index contributed by atoms with van der Waals surface area (Å²) in [6, 6.07) is 13.5. The zero-order valence-electron chi connectivity index (χ0n) is 17.8. The smallest absolute Gasteiger partial charge is 0.338 e. The third-order valence-electron chi connectivity index (χ3n) is 4.71. The van der Waals surface area contributed by atoms with Crippen LogP contribution in [0.3, 0.4) is 0 Å². The molecule has 1 amide bonds. The Kier molecular flexibility index (Phi) is 8.14. The van der Waals surface area contributed by atoms with Crippen molar-refractivity contribution in [3.8, 4) is 0 Å². The van der Waals surface area contributed by atoms with Crippen LogP contribution in [-0.2, 0) is 26.1 Å². The third kappa shape index (κ3) is 5.90. The lowest BCUT2D eigenvalue weighted by atomic mass is 10.1. The van der Waals surface area contributed by atoms with Crippen molar-refractivity contribution in [3.05, 3.63) is 65.2 Å². The molecule has 0 unspecified atom stereocenters. The average Bonchev–Trinajstić information content (AvgIpc) is 2.74. The van der Waals surface area contributed by atoms with Gasteiger partial charge in [-0.3, -0.25) is 4.79 Å². The summed E-state index contributed by atoms with van der Waals surface area (Å²) < 4.78 is 31.7. The normalized spacial score (nSPS) is 11.4. The van der Waals surface area contributed by atoms with Gasteiger partial charge in [-0.05, 0) is 30.7 Å². The molecule has 30 heavy (non-hydrogen) atoms. The quantitative estimate of drug-likeness (QED) is 0.569. The number of esters is 1. The highest BCUT2D eigenvalue weighted by atomic mass is 32.2. The van der Waals surface area contributed by atoms with Crippen LogP contribution in [0.4, 0.5) is 0 Å². The van der Waals surface area contributed by atoms with Crippen LogP contribution in [0.5, 0.6) is 0 Å². The molecule has 0 N–H and O–H groups in total. The van der Waals surface area contributed by atoms with Crippen LogP contribution in [0.25, 0.3) is 0 Å². The van der Waals surface area contributed by atoms with Gasteiger partial charge in [-0.15, -0.1) is 0 Å². The van der Waals surface area contributed by atoms with Crippen molar-refractivity contribution in [1.29, 1.82) is 0 Å². The van der Waals surface area contributed by atoms with E-state index in [1.807, 2.05) is 31.2 Å². The summed E-state index contributed by atoms with van der Waals surface area (Å²) in [7, 11) is -2.06.